The zero-order chi connectivity index (χ0) is 13.1. The molecule has 0 amide bonds. The number of piperidine rings is 1. The number of aliphatic hydroxyl groups is 1. The molecule has 2 N–H and O–H groups in total. The maximum Gasteiger partial charge on any atom is 0.146 e. The van der Waals surface area contributed by atoms with E-state index in [1.165, 1.54) is 0 Å². The van der Waals surface area contributed by atoms with Crippen molar-refractivity contribution in [2.45, 2.75) is 26.0 Å². The molecule has 2 atom stereocenters. The van der Waals surface area contributed by atoms with E-state index in [2.05, 4.69) is 5.32 Å². The molecule has 2 rings (SSSR count). The van der Waals surface area contributed by atoms with Gasteiger partial charge in [0.15, 0.2) is 0 Å². The van der Waals surface area contributed by atoms with Crippen molar-refractivity contribution < 1.29 is 9.50 Å². The Morgan fingerprint density at radius 1 is 1.50 bits per heavy atom. The molecule has 1 aromatic carbocycles. The van der Waals surface area contributed by atoms with Crippen LogP contribution in [0, 0.1) is 11.7 Å². The second kappa shape index (κ2) is 5.67. The van der Waals surface area contributed by atoms with Crippen LogP contribution in [0.15, 0.2) is 18.2 Å². The van der Waals surface area contributed by atoms with E-state index >= 15 is 0 Å². The van der Waals surface area contributed by atoms with Gasteiger partial charge in [-0.15, -0.1) is 0 Å². The van der Waals surface area contributed by atoms with Gasteiger partial charge in [0.25, 0.3) is 0 Å². The first-order valence-electron chi connectivity index (χ1n) is 6.48. The topological polar surface area (TPSA) is 35.5 Å². The molecule has 0 saturated carbocycles. The fraction of sp³-hybridized carbons (Fsp3) is 0.571. The zero-order valence-corrected chi connectivity index (χ0v) is 11.0. The van der Waals surface area contributed by atoms with Crippen LogP contribution in [-0.2, 0) is 6.54 Å². The highest BCUT2D eigenvalue weighted by atomic mass is 19.1. The number of hydrogen-bond donors (Lipinski definition) is 2. The molecular weight excluding hydrogens is 231 g/mol. The molecule has 0 spiro atoms. The van der Waals surface area contributed by atoms with E-state index in [0.29, 0.717) is 31.7 Å². The summed E-state index contributed by atoms with van der Waals surface area (Å²) in [6, 6.07) is 5.37. The van der Waals surface area contributed by atoms with Crippen LogP contribution in [0.3, 0.4) is 0 Å². The van der Waals surface area contributed by atoms with Gasteiger partial charge in [-0.2, -0.15) is 0 Å². The maximum absolute atomic E-state index is 14.1. The first kappa shape index (κ1) is 13.3. The summed E-state index contributed by atoms with van der Waals surface area (Å²) in [5, 5.41) is 12.7. The quantitative estimate of drug-likeness (QED) is 0.860. The molecule has 4 heteroatoms. The second-order valence-electron chi connectivity index (χ2n) is 5.10. The highest BCUT2D eigenvalue weighted by Gasteiger charge is 2.25. The largest absolute Gasteiger partial charge is 0.393 e. The summed E-state index contributed by atoms with van der Waals surface area (Å²) in [7, 11) is 1.85. The lowest BCUT2D eigenvalue weighted by atomic mass is 9.96. The predicted octanol–water partition coefficient (Wildman–Crippen LogP) is 1.75. The van der Waals surface area contributed by atoms with Crippen LogP contribution in [0.4, 0.5) is 10.1 Å². The monoisotopic (exact) mass is 252 g/mol. The fourth-order valence-electron chi connectivity index (χ4n) is 2.47. The normalized spacial score (nSPS) is 24.3. The average Bonchev–Trinajstić information content (AvgIpc) is 2.34. The van der Waals surface area contributed by atoms with Crippen LogP contribution >= 0.6 is 0 Å². The lowest BCUT2D eigenvalue weighted by molar-refractivity contribution is 0.0969. The van der Waals surface area contributed by atoms with Crippen molar-refractivity contribution in [1.82, 2.24) is 5.32 Å². The van der Waals surface area contributed by atoms with E-state index in [-0.39, 0.29) is 17.8 Å². The summed E-state index contributed by atoms with van der Waals surface area (Å²) in [5.74, 6) is 0.0153. The number of anilines is 1. The number of aliphatic hydroxyl groups excluding tert-OH is 1. The molecule has 3 nitrogen and oxygen atoms in total. The molecule has 1 aromatic rings. The summed E-state index contributed by atoms with van der Waals surface area (Å²) in [6.45, 7) is 4.10. The third-order valence-corrected chi connectivity index (χ3v) is 3.59. The molecule has 2 unspecified atom stereocenters. The smallest absolute Gasteiger partial charge is 0.146 e. The zero-order valence-electron chi connectivity index (χ0n) is 11.0. The van der Waals surface area contributed by atoms with Crippen molar-refractivity contribution in [2.24, 2.45) is 5.92 Å². The van der Waals surface area contributed by atoms with Crippen molar-refractivity contribution in [3.63, 3.8) is 0 Å². The second-order valence-corrected chi connectivity index (χ2v) is 5.10. The third kappa shape index (κ3) is 2.82. The van der Waals surface area contributed by atoms with E-state index in [9.17, 15) is 9.50 Å². The van der Waals surface area contributed by atoms with Crippen LogP contribution in [0.25, 0.3) is 0 Å². The molecule has 0 aliphatic carbocycles. The van der Waals surface area contributed by atoms with Crippen LogP contribution in [-0.4, -0.2) is 31.3 Å². The molecule has 1 aliphatic heterocycles. The summed E-state index contributed by atoms with van der Waals surface area (Å²) in [6.07, 6.45) is 0.451. The average molecular weight is 252 g/mol. The number of hydrogen-bond acceptors (Lipinski definition) is 3. The van der Waals surface area contributed by atoms with Gasteiger partial charge < -0.3 is 15.3 Å². The van der Waals surface area contributed by atoms with Crippen molar-refractivity contribution in [3.8, 4) is 0 Å². The highest BCUT2D eigenvalue weighted by molar-refractivity contribution is 5.49. The van der Waals surface area contributed by atoms with Gasteiger partial charge in [-0.1, -0.05) is 13.0 Å². The van der Waals surface area contributed by atoms with Crippen LogP contribution in [0.5, 0.6) is 0 Å². The first-order chi connectivity index (χ1) is 8.61. The maximum atomic E-state index is 14.1. The number of nitrogens with zero attached hydrogens (tertiary/aromatic N) is 1. The lowest BCUT2D eigenvalue weighted by Gasteiger charge is -2.36. The van der Waals surface area contributed by atoms with Gasteiger partial charge in [-0.3, -0.25) is 0 Å². The summed E-state index contributed by atoms with van der Waals surface area (Å²) in [5.41, 5.74) is 1.59. The Labute approximate surface area is 108 Å². The van der Waals surface area contributed by atoms with Gasteiger partial charge in [0.1, 0.15) is 5.82 Å². The van der Waals surface area contributed by atoms with Gasteiger partial charge >= 0.3 is 0 Å². The highest BCUT2D eigenvalue weighted by Crippen LogP contribution is 2.26. The van der Waals surface area contributed by atoms with Gasteiger partial charge in [0.05, 0.1) is 11.8 Å². The molecule has 1 saturated heterocycles. The number of nitrogens with one attached hydrogen (secondary N) is 1. The first-order valence-corrected chi connectivity index (χ1v) is 6.48. The molecule has 18 heavy (non-hydrogen) atoms. The SMILES string of the molecule is CNCc1ccc(N2CCC(O)C(C)C2)c(F)c1. The van der Waals surface area contributed by atoms with E-state index in [1.54, 1.807) is 6.07 Å². The molecule has 0 bridgehead atoms. The van der Waals surface area contributed by atoms with Crippen molar-refractivity contribution >= 4 is 5.69 Å². The number of halogens is 1. The lowest BCUT2D eigenvalue weighted by Crippen LogP contribution is -2.42. The van der Waals surface area contributed by atoms with E-state index < -0.39 is 0 Å². The third-order valence-electron chi connectivity index (χ3n) is 3.59. The van der Waals surface area contributed by atoms with E-state index in [1.807, 2.05) is 31.0 Å². The summed E-state index contributed by atoms with van der Waals surface area (Å²) >= 11 is 0. The Kier molecular flexibility index (Phi) is 4.19. The molecule has 0 radical (unpaired) electrons. The standard InChI is InChI=1S/C14H21FN2O/c1-10-9-17(6-5-14(10)18)13-4-3-11(8-16-2)7-12(13)15/h3-4,7,10,14,16,18H,5-6,8-9H2,1-2H3. The van der Waals surface area contributed by atoms with Crippen molar-refractivity contribution in [3.05, 3.63) is 29.6 Å². The van der Waals surface area contributed by atoms with Crippen molar-refractivity contribution in [1.29, 1.82) is 0 Å². The van der Waals surface area contributed by atoms with Gasteiger partial charge in [0.2, 0.25) is 0 Å². The fourth-order valence-corrected chi connectivity index (χ4v) is 2.47. The van der Waals surface area contributed by atoms with Gasteiger partial charge in [0, 0.05) is 19.6 Å². The Morgan fingerprint density at radius 2 is 2.28 bits per heavy atom. The molecule has 100 valence electrons. The minimum atomic E-state index is -0.257. The Balaban J connectivity index is 2.13. The van der Waals surface area contributed by atoms with Gasteiger partial charge in [-0.25, -0.2) is 4.39 Å². The molecular formula is C14H21FN2O. The van der Waals surface area contributed by atoms with Gasteiger partial charge in [-0.05, 0) is 37.1 Å². The van der Waals surface area contributed by atoms with E-state index in [0.717, 1.165) is 5.56 Å². The summed E-state index contributed by atoms with van der Waals surface area (Å²) in [4.78, 5) is 2.02. The summed E-state index contributed by atoms with van der Waals surface area (Å²) < 4.78 is 14.1. The minimum absolute atomic E-state index is 0.175. The molecule has 1 heterocycles. The molecule has 1 fully saturated rings. The minimum Gasteiger partial charge on any atom is -0.393 e. The van der Waals surface area contributed by atoms with Crippen LogP contribution in [0.1, 0.15) is 18.9 Å². The Hall–Kier alpha value is -1.13. The van der Waals surface area contributed by atoms with Crippen LogP contribution < -0.4 is 10.2 Å². The molecule has 1 aliphatic rings. The van der Waals surface area contributed by atoms with E-state index in [4.69, 9.17) is 0 Å². The Morgan fingerprint density at radius 3 is 2.89 bits per heavy atom. The van der Waals surface area contributed by atoms with Crippen molar-refractivity contribution in [2.75, 3.05) is 25.0 Å². The number of rotatable bonds is 3. The predicted molar refractivity (Wildman–Crippen MR) is 71.2 cm³/mol. The Bertz CT molecular complexity index is 411. The molecule has 0 aromatic heterocycles. The van der Waals surface area contributed by atoms with Crippen LogP contribution in [0.2, 0.25) is 0 Å². The number of benzene rings is 1.